The molecular formula is C25H32N2O5. The van der Waals surface area contributed by atoms with Gasteiger partial charge in [0.15, 0.2) is 0 Å². The highest BCUT2D eigenvalue weighted by Crippen LogP contribution is 2.32. The molecule has 1 N–H and O–H groups in total. The molecule has 1 aromatic carbocycles. The van der Waals surface area contributed by atoms with Crippen molar-refractivity contribution in [1.29, 1.82) is 0 Å². The van der Waals surface area contributed by atoms with Gasteiger partial charge in [0.2, 0.25) is 5.91 Å². The Kier molecular flexibility index (Phi) is 8.62. The number of amides is 1. The number of allylic oxidation sites excluding steroid dienone is 4. The molecule has 0 saturated carbocycles. The van der Waals surface area contributed by atoms with Crippen molar-refractivity contribution in [2.45, 2.75) is 50.6 Å². The summed E-state index contributed by atoms with van der Waals surface area (Å²) in [6.45, 7) is -0.142. The number of carbonyl (C=O) groups is 3. The van der Waals surface area contributed by atoms with E-state index >= 15 is 0 Å². The van der Waals surface area contributed by atoms with Crippen LogP contribution in [0.15, 0.2) is 54.3 Å². The SMILES string of the molecule is COC(=O)CN1C(=O)C(NC(CCc2ccccc2)C(=O)OC)CCCC2CC=CC=C21. The van der Waals surface area contributed by atoms with Crippen LogP contribution < -0.4 is 5.32 Å². The maximum Gasteiger partial charge on any atom is 0.325 e. The first-order valence-corrected chi connectivity index (χ1v) is 11.2. The summed E-state index contributed by atoms with van der Waals surface area (Å²) in [7, 11) is 2.67. The van der Waals surface area contributed by atoms with Crippen LogP contribution in [0.25, 0.3) is 0 Å². The number of nitrogens with one attached hydrogen (secondary N) is 1. The number of esters is 2. The highest BCUT2D eigenvalue weighted by molar-refractivity contribution is 5.88. The summed E-state index contributed by atoms with van der Waals surface area (Å²) in [5.74, 6) is -0.882. The smallest absolute Gasteiger partial charge is 0.325 e. The maximum absolute atomic E-state index is 13.6. The normalized spacial score (nSPS) is 21.6. The first-order chi connectivity index (χ1) is 15.5. The summed E-state index contributed by atoms with van der Waals surface area (Å²) >= 11 is 0. The lowest BCUT2D eigenvalue weighted by atomic mass is 9.87. The monoisotopic (exact) mass is 440 g/mol. The standard InChI is InChI=1S/C25H32N2O5/c1-31-23(28)17-27-22-14-7-6-11-19(22)12-8-13-20(24(27)29)26-21(25(30)32-2)16-15-18-9-4-3-5-10-18/h3-7,9-10,14,19-21,26H,8,11-13,15-17H2,1-2H3. The number of carbonyl (C=O) groups excluding carboxylic acids is 3. The summed E-state index contributed by atoms with van der Waals surface area (Å²) in [6, 6.07) is 8.68. The van der Waals surface area contributed by atoms with E-state index in [0.717, 1.165) is 30.5 Å². The Labute approximate surface area is 189 Å². The molecule has 7 nitrogen and oxygen atoms in total. The third-order valence-corrected chi connectivity index (χ3v) is 6.13. The van der Waals surface area contributed by atoms with E-state index in [4.69, 9.17) is 9.47 Å². The highest BCUT2D eigenvalue weighted by Gasteiger charge is 2.36. The fourth-order valence-electron chi connectivity index (χ4n) is 4.38. The van der Waals surface area contributed by atoms with Gasteiger partial charge in [0.05, 0.1) is 20.3 Å². The van der Waals surface area contributed by atoms with E-state index in [9.17, 15) is 14.4 Å². The Morgan fingerprint density at radius 3 is 2.66 bits per heavy atom. The fourth-order valence-corrected chi connectivity index (χ4v) is 4.38. The van der Waals surface area contributed by atoms with Crippen molar-refractivity contribution >= 4 is 17.8 Å². The van der Waals surface area contributed by atoms with Gasteiger partial charge in [-0.25, -0.2) is 0 Å². The Morgan fingerprint density at radius 2 is 1.94 bits per heavy atom. The quantitative estimate of drug-likeness (QED) is 0.626. The molecule has 3 unspecified atom stereocenters. The van der Waals surface area contributed by atoms with E-state index in [1.807, 2.05) is 42.5 Å². The average Bonchev–Trinajstić information content (AvgIpc) is 2.83. The largest absolute Gasteiger partial charge is 0.468 e. The summed E-state index contributed by atoms with van der Waals surface area (Å²) in [5.41, 5.74) is 1.95. The van der Waals surface area contributed by atoms with Gasteiger partial charge in [-0.05, 0) is 43.7 Å². The fraction of sp³-hybridized carbons (Fsp3) is 0.480. The number of fused-ring (bicyclic) bond motifs is 1. The number of methoxy groups -OCH3 is 2. The van der Waals surface area contributed by atoms with Crippen LogP contribution in [0.4, 0.5) is 0 Å². The van der Waals surface area contributed by atoms with Gasteiger partial charge >= 0.3 is 11.9 Å². The predicted octanol–water partition coefficient (Wildman–Crippen LogP) is 2.76. The van der Waals surface area contributed by atoms with E-state index in [1.165, 1.54) is 19.1 Å². The Bertz CT molecular complexity index is 864. The zero-order valence-electron chi connectivity index (χ0n) is 18.8. The highest BCUT2D eigenvalue weighted by atomic mass is 16.5. The van der Waals surface area contributed by atoms with Crippen LogP contribution in [0.5, 0.6) is 0 Å². The lowest BCUT2D eigenvalue weighted by Gasteiger charge is -2.37. The van der Waals surface area contributed by atoms with E-state index in [1.54, 1.807) is 0 Å². The number of nitrogens with zero attached hydrogens (tertiary/aromatic N) is 1. The Morgan fingerprint density at radius 1 is 1.16 bits per heavy atom. The Balaban J connectivity index is 1.79. The summed E-state index contributed by atoms with van der Waals surface area (Å²) in [4.78, 5) is 39.7. The molecule has 172 valence electrons. The molecule has 0 radical (unpaired) electrons. The molecule has 3 rings (SSSR count). The van der Waals surface area contributed by atoms with Gasteiger partial charge in [-0.2, -0.15) is 0 Å². The maximum atomic E-state index is 13.6. The zero-order valence-corrected chi connectivity index (χ0v) is 18.8. The predicted molar refractivity (Wildman–Crippen MR) is 120 cm³/mol. The van der Waals surface area contributed by atoms with Crippen LogP contribution in [-0.4, -0.2) is 55.6 Å². The second-order valence-electron chi connectivity index (χ2n) is 8.20. The molecule has 3 atom stereocenters. The average molecular weight is 441 g/mol. The van der Waals surface area contributed by atoms with Crippen LogP contribution in [0.3, 0.4) is 0 Å². The summed E-state index contributed by atoms with van der Waals surface area (Å²) < 4.78 is 9.85. The molecule has 7 heteroatoms. The molecule has 1 aliphatic heterocycles. The minimum absolute atomic E-state index is 0.142. The lowest BCUT2D eigenvalue weighted by Crippen LogP contribution is -2.54. The molecular weight excluding hydrogens is 408 g/mol. The van der Waals surface area contributed by atoms with E-state index < -0.39 is 24.0 Å². The number of ether oxygens (including phenoxy) is 2. The first-order valence-electron chi connectivity index (χ1n) is 11.2. The van der Waals surface area contributed by atoms with Gasteiger partial charge in [-0.1, -0.05) is 48.9 Å². The van der Waals surface area contributed by atoms with E-state index in [0.29, 0.717) is 19.3 Å². The van der Waals surface area contributed by atoms with Crippen molar-refractivity contribution in [3.8, 4) is 0 Å². The zero-order chi connectivity index (χ0) is 22.9. The van der Waals surface area contributed by atoms with Gasteiger partial charge in [0.1, 0.15) is 12.6 Å². The van der Waals surface area contributed by atoms with Gasteiger partial charge in [0.25, 0.3) is 0 Å². The number of benzene rings is 1. The van der Waals surface area contributed by atoms with Gasteiger partial charge in [0, 0.05) is 11.6 Å². The first kappa shape index (κ1) is 23.7. The van der Waals surface area contributed by atoms with Crippen LogP contribution in [0, 0.1) is 5.92 Å². The van der Waals surface area contributed by atoms with Crippen molar-refractivity contribution in [1.82, 2.24) is 10.2 Å². The molecule has 1 aliphatic carbocycles. The molecule has 1 aromatic rings. The lowest BCUT2D eigenvalue weighted by molar-refractivity contribution is -0.148. The second kappa shape index (κ2) is 11.6. The minimum atomic E-state index is -0.621. The van der Waals surface area contributed by atoms with Gasteiger partial charge in [-0.3, -0.25) is 19.7 Å². The number of hydrogen-bond acceptors (Lipinski definition) is 6. The number of hydrogen-bond donors (Lipinski definition) is 1. The molecule has 1 heterocycles. The van der Waals surface area contributed by atoms with Crippen molar-refractivity contribution < 1.29 is 23.9 Å². The van der Waals surface area contributed by atoms with Crippen LogP contribution in [-0.2, 0) is 30.3 Å². The van der Waals surface area contributed by atoms with Gasteiger partial charge in [-0.15, -0.1) is 0 Å². The number of likely N-dealkylation sites (tertiary alicyclic amines) is 1. The number of rotatable bonds is 8. The molecule has 1 fully saturated rings. The molecule has 1 amide bonds. The Hall–Kier alpha value is -2.93. The van der Waals surface area contributed by atoms with Crippen LogP contribution in [0.1, 0.15) is 37.7 Å². The van der Waals surface area contributed by atoms with Gasteiger partial charge < -0.3 is 14.4 Å². The molecule has 1 saturated heterocycles. The number of aryl methyl sites for hydroxylation is 1. The molecule has 32 heavy (non-hydrogen) atoms. The summed E-state index contributed by atoms with van der Waals surface area (Å²) in [6.07, 6.45) is 10.3. The van der Waals surface area contributed by atoms with Crippen molar-refractivity contribution in [3.63, 3.8) is 0 Å². The third-order valence-electron chi connectivity index (χ3n) is 6.13. The topological polar surface area (TPSA) is 84.9 Å². The molecule has 0 spiro atoms. The molecule has 0 aromatic heterocycles. The van der Waals surface area contributed by atoms with Crippen LogP contribution in [0.2, 0.25) is 0 Å². The van der Waals surface area contributed by atoms with E-state index in [-0.39, 0.29) is 18.4 Å². The minimum Gasteiger partial charge on any atom is -0.468 e. The molecule has 2 aliphatic rings. The second-order valence-corrected chi connectivity index (χ2v) is 8.20. The summed E-state index contributed by atoms with van der Waals surface area (Å²) in [5, 5.41) is 3.25. The molecule has 0 bridgehead atoms. The van der Waals surface area contributed by atoms with Crippen LogP contribution >= 0.6 is 0 Å². The van der Waals surface area contributed by atoms with Crippen molar-refractivity contribution in [3.05, 3.63) is 59.8 Å². The van der Waals surface area contributed by atoms with E-state index in [2.05, 4.69) is 11.4 Å². The van der Waals surface area contributed by atoms with Crippen molar-refractivity contribution in [2.24, 2.45) is 5.92 Å². The third kappa shape index (κ3) is 6.07. The van der Waals surface area contributed by atoms with Crippen molar-refractivity contribution in [2.75, 3.05) is 20.8 Å².